The first-order valence-electron chi connectivity index (χ1n) is 9.14. The van der Waals surface area contributed by atoms with Gasteiger partial charge in [0.15, 0.2) is 5.16 Å². The summed E-state index contributed by atoms with van der Waals surface area (Å²) in [6, 6.07) is 19.7. The van der Waals surface area contributed by atoms with Crippen molar-refractivity contribution in [3.05, 3.63) is 77.6 Å². The lowest BCUT2D eigenvalue weighted by Gasteiger charge is -2.09. The van der Waals surface area contributed by atoms with E-state index in [-0.39, 0.29) is 16.7 Å². The van der Waals surface area contributed by atoms with E-state index in [4.69, 9.17) is 21.6 Å². The van der Waals surface area contributed by atoms with Crippen LogP contribution in [-0.2, 0) is 4.79 Å². The highest BCUT2D eigenvalue weighted by Crippen LogP contribution is 2.29. The maximum atomic E-state index is 13.3. The Bertz CT molecular complexity index is 1440. The quantitative estimate of drug-likeness (QED) is 0.296. The van der Waals surface area contributed by atoms with Crippen molar-refractivity contribution < 1.29 is 9.18 Å². The SMILES string of the molecule is O=C(CSc1nc2ccccc2c2nc3ccccc3n12)Nc1ccc(F)c(Cl)c1. The minimum absolute atomic E-state index is 0.0387. The molecule has 2 aromatic heterocycles. The van der Waals surface area contributed by atoms with Gasteiger partial charge in [0.25, 0.3) is 0 Å². The molecule has 0 atom stereocenters. The van der Waals surface area contributed by atoms with Crippen molar-refractivity contribution >= 4 is 62.5 Å². The smallest absolute Gasteiger partial charge is 0.234 e. The fraction of sp³-hybridized carbons (Fsp3) is 0.0455. The Morgan fingerprint density at radius 3 is 2.63 bits per heavy atom. The molecule has 0 radical (unpaired) electrons. The van der Waals surface area contributed by atoms with Crippen molar-refractivity contribution in [3.8, 4) is 0 Å². The van der Waals surface area contributed by atoms with Crippen LogP contribution in [0.3, 0.4) is 0 Å². The van der Waals surface area contributed by atoms with Gasteiger partial charge < -0.3 is 5.32 Å². The van der Waals surface area contributed by atoms with E-state index < -0.39 is 5.82 Å². The van der Waals surface area contributed by atoms with Gasteiger partial charge in [0.2, 0.25) is 5.91 Å². The number of nitrogens with one attached hydrogen (secondary N) is 1. The third kappa shape index (κ3) is 3.36. The predicted octanol–water partition coefficient (Wildman–Crippen LogP) is 5.56. The summed E-state index contributed by atoms with van der Waals surface area (Å²) in [6.45, 7) is 0. The van der Waals surface area contributed by atoms with Gasteiger partial charge in [-0.05, 0) is 42.5 Å². The fourth-order valence-corrected chi connectivity index (χ4v) is 4.30. The number of halogens is 2. The van der Waals surface area contributed by atoms with Crippen molar-refractivity contribution in [2.45, 2.75) is 5.16 Å². The number of imidazole rings is 1. The average molecular weight is 437 g/mol. The van der Waals surface area contributed by atoms with Crippen molar-refractivity contribution in [3.63, 3.8) is 0 Å². The zero-order chi connectivity index (χ0) is 20.7. The van der Waals surface area contributed by atoms with Gasteiger partial charge in [-0.15, -0.1) is 0 Å². The number of amides is 1. The number of hydrogen-bond donors (Lipinski definition) is 1. The van der Waals surface area contributed by atoms with Crippen LogP contribution in [0.15, 0.2) is 71.9 Å². The maximum absolute atomic E-state index is 13.3. The molecule has 148 valence electrons. The summed E-state index contributed by atoms with van der Waals surface area (Å²) in [5.41, 5.74) is 3.85. The van der Waals surface area contributed by atoms with E-state index in [1.807, 2.05) is 52.9 Å². The summed E-state index contributed by atoms with van der Waals surface area (Å²) in [6.07, 6.45) is 0. The molecule has 0 saturated heterocycles. The van der Waals surface area contributed by atoms with Crippen LogP contribution in [0.25, 0.3) is 27.6 Å². The molecule has 0 fully saturated rings. The highest BCUT2D eigenvalue weighted by atomic mass is 35.5. The number of anilines is 1. The summed E-state index contributed by atoms with van der Waals surface area (Å²) in [4.78, 5) is 22.0. The normalized spacial score (nSPS) is 11.4. The molecule has 0 bridgehead atoms. The largest absolute Gasteiger partial charge is 0.325 e. The Hall–Kier alpha value is -3.16. The van der Waals surface area contributed by atoms with Crippen LogP contribution >= 0.6 is 23.4 Å². The van der Waals surface area contributed by atoms with Crippen LogP contribution in [0.5, 0.6) is 0 Å². The number of thioether (sulfide) groups is 1. The van der Waals surface area contributed by atoms with E-state index >= 15 is 0 Å². The number of carbonyl (C=O) groups is 1. The predicted molar refractivity (Wildman–Crippen MR) is 119 cm³/mol. The molecule has 5 nitrogen and oxygen atoms in total. The Labute approximate surface area is 179 Å². The second-order valence-electron chi connectivity index (χ2n) is 6.64. The van der Waals surface area contributed by atoms with E-state index in [2.05, 4.69) is 5.32 Å². The van der Waals surface area contributed by atoms with Crippen LogP contribution in [0.1, 0.15) is 0 Å². The van der Waals surface area contributed by atoms with Crippen LogP contribution in [0.2, 0.25) is 5.02 Å². The van der Waals surface area contributed by atoms with Crippen LogP contribution in [0.4, 0.5) is 10.1 Å². The monoisotopic (exact) mass is 436 g/mol. The molecule has 3 aromatic carbocycles. The molecule has 5 aromatic rings. The average Bonchev–Trinajstić information content (AvgIpc) is 3.15. The molecule has 8 heteroatoms. The van der Waals surface area contributed by atoms with E-state index in [0.29, 0.717) is 10.8 Å². The molecule has 2 heterocycles. The number of para-hydroxylation sites is 3. The zero-order valence-electron chi connectivity index (χ0n) is 15.5. The maximum Gasteiger partial charge on any atom is 0.234 e. The molecule has 0 aliphatic carbocycles. The number of carbonyl (C=O) groups excluding carboxylic acids is 1. The summed E-state index contributed by atoms with van der Waals surface area (Å²) in [7, 11) is 0. The minimum Gasteiger partial charge on any atom is -0.325 e. The first-order valence-corrected chi connectivity index (χ1v) is 10.5. The molecule has 0 spiro atoms. The molecule has 0 unspecified atom stereocenters. The second kappa shape index (κ2) is 7.59. The molecular weight excluding hydrogens is 423 g/mol. The number of aromatic nitrogens is 3. The first-order chi connectivity index (χ1) is 14.6. The van der Waals surface area contributed by atoms with Gasteiger partial charge in [0, 0.05) is 11.1 Å². The number of fused-ring (bicyclic) bond motifs is 5. The van der Waals surface area contributed by atoms with Gasteiger partial charge in [-0.2, -0.15) is 0 Å². The van der Waals surface area contributed by atoms with E-state index in [9.17, 15) is 9.18 Å². The van der Waals surface area contributed by atoms with Crippen LogP contribution in [-0.4, -0.2) is 26.0 Å². The lowest BCUT2D eigenvalue weighted by atomic mass is 10.2. The Kier molecular flexibility index (Phi) is 4.77. The topological polar surface area (TPSA) is 59.3 Å². The second-order valence-corrected chi connectivity index (χ2v) is 7.99. The molecule has 1 amide bonds. The standard InChI is InChI=1S/C22H14ClFN4OS/c23-15-11-13(9-10-16(15)24)25-20(29)12-30-22-27-17-6-2-1-5-14(17)21-26-18-7-3-4-8-19(18)28(21)22/h1-11H,12H2,(H,25,29). The lowest BCUT2D eigenvalue weighted by molar-refractivity contribution is -0.113. The summed E-state index contributed by atoms with van der Waals surface area (Å²) < 4.78 is 15.3. The zero-order valence-corrected chi connectivity index (χ0v) is 17.0. The van der Waals surface area contributed by atoms with E-state index in [0.717, 1.165) is 27.6 Å². The number of rotatable bonds is 4. The Balaban J connectivity index is 1.50. The highest BCUT2D eigenvalue weighted by molar-refractivity contribution is 7.99. The summed E-state index contributed by atoms with van der Waals surface area (Å²) in [5, 5.41) is 4.31. The fourth-order valence-electron chi connectivity index (χ4n) is 3.31. The first kappa shape index (κ1) is 18.8. The summed E-state index contributed by atoms with van der Waals surface area (Å²) >= 11 is 7.09. The molecule has 5 rings (SSSR count). The van der Waals surface area contributed by atoms with Gasteiger partial charge in [-0.25, -0.2) is 14.4 Å². The molecule has 0 aliphatic heterocycles. The molecular formula is C22H14ClFN4OS. The lowest BCUT2D eigenvalue weighted by Crippen LogP contribution is -2.14. The van der Waals surface area contributed by atoms with E-state index in [1.54, 1.807) is 0 Å². The third-order valence-electron chi connectivity index (χ3n) is 4.65. The van der Waals surface area contributed by atoms with Gasteiger partial charge in [0.1, 0.15) is 11.5 Å². The summed E-state index contributed by atoms with van der Waals surface area (Å²) in [5.74, 6) is -0.643. The van der Waals surface area contributed by atoms with Crippen molar-refractivity contribution in [2.24, 2.45) is 0 Å². The third-order valence-corrected chi connectivity index (χ3v) is 5.88. The van der Waals surface area contributed by atoms with Crippen LogP contribution < -0.4 is 5.32 Å². The van der Waals surface area contributed by atoms with Gasteiger partial charge in [-0.3, -0.25) is 9.20 Å². The van der Waals surface area contributed by atoms with Gasteiger partial charge >= 0.3 is 0 Å². The Morgan fingerprint density at radius 1 is 1.03 bits per heavy atom. The molecule has 30 heavy (non-hydrogen) atoms. The minimum atomic E-state index is -0.529. The van der Waals surface area contributed by atoms with Crippen LogP contribution in [0, 0.1) is 5.82 Å². The Morgan fingerprint density at radius 2 is 1.80 bits per heavy atom. The van der Waals surface area contributed by atoms with Crippen molar-refractivity contribution in [2.75, 3.05) is 11.1 Å². The molecule has 0 aliphatic rings. The number of hydrogen-bond acceptors (Lipinski definition) is 4. The highest BCUT2D eigenvalue weighted by Gasteiger charge is 2.15. The van der Waals surface area contributed by atoms with Gasteiger partial charge in [0.05, 0.1) is 27.3 Å². The van der Waals surface area contributed by atoms with Crippen molar-refractivity contribution in [1.82, 2.24) is 14.4 Å². The molecule has 0 saturated carbocycles. The number of benzene rings is 3. The number of nitrogens with zero attached hydrogens (tertiary/aromatic N) is 3. The van der Waals surface area contributed by atoms with Crippen molar-refractivity contribution in [1.29, 1.82) is 0 Å². The molecule has 1 N–H and O–H groups in total. The van der Waals surface area contributed by atoms with E-state index in [1.165, 1.54) is 30.0 Å². The van der Waals surface area contributed by atoms with Gasteiger partial charge in [-0.1, -0.05) is 47.6 Å².